The molecule has 0 unspecified atom stereocenters. The Labute approximate surface area is 172 Å². The average Bonchev–Trinajstić information content (AvgIpc) is 3.29. The first-order valence-electron chi connectivity index (χ1n) is 9.27. The van der Waals surface area contributed by atoms with E-state index in [0.717, 1.165) is 11.1 Å². The van der Waals surface area contributed by atoms with E-state index in [1.54, 1.807) is 48.5 Å². The highest BCUT2D eigenvalue weighted by atomic mass is 16.4. The number of hydrogen-bond donors (Lipinski definition) is 2. The predicted octanol–water partition coefficient (Wildman–Crippen LogP) is 3.79. The largest absolute Gasteiger partial charge is 0.416 e. The van der Waals surface area contributed by atoms with Gasteiger partial charge in [0.15, 0.2) is 0 Å². The third kappa shape index (κ3) is 4.25. The Balaban J connectivity index is 1.41. The van der Waals surface area contributed by atoms with Gasteiger partial charge in [-0.1, -0.05) is 35.9 Å². The number of carbonyl (C=O) groups is 2. The number of amides is 2. The van der Waals surface area contributed by atoms with Crippen molar-refractivity contribution in [1.82, 2.24) is 21.0 Å². The van der Waals surface area contributed by atoms with E-state index in [4.69, 9.17) is 4.42 Å². The second kappa shape index (κ2) is 8.40. The normalized spacial score (nSPS) is 10.4. The molecule has 0 saturated carbocycles. The minimum absolute atomic E-state index is 0.356. The first-order chi connectivity index (χ1) is 14.6. The van der Waals surface area contributed by atoms with Crippen molar-refractivity contribution in [2.45, 2.75) is 6.92 Å². The van der Waals surface area contributed by atoms with Gasteiger partial charge in [-0.2, -0.15) is 0 Å². The third-order valence-electron chi connectivity index (χ3n) is 4.44. The first kappa shape index (κ1) is 19.1. The van der Waals surface area contributed by atoms with Crippen LogP contribution < -0.4 is 10.9 Å². The molecule has 7 heteroatoms. The summed E-state index contributed by atoms with van der Waals surface area (Å²) in [6.07, 6.45) is 0. The van der Waals surface area contributed by atoms with Gasteiger partial charge in [0.1, 0.15) is 0 Å². The number of benzene rings is 3. The fourth-order valence-electron chi connectivity index (χ4n) is 2.76. The molecule has 0 saturated heterocycles. The van der Waals surface area contributed by atoms with Crippen LogP contribution in [0.15, 0.2) is 83.3 Å². The minimum Gasteiger partial charge on any atom is -0.416 e. The summed E-state index contributed by atoms with van der Waals surface area (Å²) in [6, 6.07) is 23.1. The Morgan fingerprint density at radius 2 is 1.13 bits per heavy atom. The smallest absolute Gasteiger partial charge is 0.269 e. The Morgan fingerprint density at radius 1 is 0.667 bits per heavy atom. The lowest BCUT2D eigenvalue weighted by Gasteiger charge is -2.07. The Hall–Kier alpha value is -4.26. The molecule has 3 aromatic carbocycles. The van der Waals surface area contributed by atoms with E-state index in [2.05, 4.69) is 21.0 Å². The van der Waals surface area contributed by atoms with Gasteiger partial charge in [0, 0.05) is 22.3 Å². The SMILES string of the molecule is Cc1ccc(-c2nnc(-c3ccc(C(=O)NNC(=O)c4ccccc4)cc3)o2)cc1. The summed E-state index contributed by atoms with van der Waals surface area (Å²) in [5, 5.41) is 8.16. The molecule has 0 radical (unpaired) electrons. The van der Waals surface area contributed by atoms with Crippen LogP contribution in [-0.2, 0) is 0 Å². The van der Waals surface area contributed by atoms with E-state index in [0.29, 0.717) is 28.5 Å². The zero-order valence-corrected chi connectivity index (χ0v) is 16.1. The molecule has 148 valence electrons. The second-order valence-electron chi connectivity index (χ2n) is 6.63. The number of hydrogen-bond acceptors (Lipinski definition) is 5. The lowest BCUT2D eigenvalue weighted by molar-refractivity contribution is 0.0846. The van der Waals surface area contributed by atoms with Gasteiger partial charge >= 0.3 is 0 Å². The standard InChI is InChI=1S/C23H18N4O3/c1-15-7-9-18(10-8-15)22-26-27-23(30-22)19-13-11-17(12-14-19)21(29)25-24-20(28)16-5-3-2-4-6-16/h2-14H,1H3,(H,24,28)(H,25,29). The van der Waals surface area contributed by atoms with Crippen molar-refractivity contribution in [3.63, 3.8) is 0 Å². The molecule has 0 fully saturated rings. The summed E-state index contributed by atoms with van der Waals surface area (Å²) in [5.41, 5.74) is 8.29. The highest BCUT2D eigenvalue weighted by Gasteiger charge is 2.12. The number of nitrogens with zero attached hydrogens (tertiary/aromatic N) is 2. The monoisotopic (exact) mass is 398 g/mol. The van der Waals surface area contributed by atoms with E-state index >= 15 is 0 Å². The topological polar surface area (TPSA) is 97.1 Å². The second-order valence-corrected chi connectivity index (χ2v) is 6.63. The molecule has 4 aromatic rings. The van der Waals surface area contributed by atoms with Gasteiger partial charge in [-0.3, -0.25) is 20.4 Å². The van der Waals surface area contributed by atoms with Crippen molar-refractivity contribution >= 4 is 11.8 Å². The molecular formula is C23H18N4O3. The van der Waals surface area contributed by atoms with Gasteiger partial charge in [-0.15, -0.1) is 10.2 Å². The van der Waals surface area contributed by atoms with Gasteiger partial charge in [-0.25, -0.2) is 0 Å². The van der Waals surface area contributed by atoms with Crippen molar-refractivity contribution in [2.75, 3.05) is 0 Å². The number of hydrazine groups is 1. The first-order valence-corrected chi connectivity index (χ1v) is 9.27. The molecule has 30 heavy (non-hydrogen) atoms. The molecule has 1 heterocycles. The van der Waals surface area contributed by atoms with Gasteiger partial charge in [0.05, 0.1) is 0 Å². The van der Waals surface area contributed by atoms with Crippen LogP contribution >= 0.6 is 0 Å². The van der Waals surface area contributed by atoms with Gasteiger partial charge in [0.25, 0.3) is 11.8 Å². The fourth-order valence-corrected chi connectivity index (χ4v) is 2.76. The predicted molar refractivity (Wildman–Crippen MR) is 111 cm³/mol. The number of aromatic nitrogens is 2. The molecule has 7 nitrogen and oxygen atoms in total. The van der Waals surface area contributed by atoms with Crippen molar-refractivity contribution in [1.29, 1.82) is 0 Å². The molecule has 0 atom stereocenters. The molecule has 0 aliphatic carbocycles. The molecule has 0 bridgehead atoms. The molecule has 2 amide bonds. The Bertz CT molecular complexity index is 1170. The maximum absolute atomic E-state index is 12.3. The summed E-state index contributed by atoms with van der Waals surface area (Å²) < 4.78 is 5.74. The lowest BCUT2D eigenvalue weighted by Crippen LogP contribution is -2.41. The molecule has 0 aliphatic heterocycles. The van der Waals surface area contributed by atoms with Gasteiger partial charge in [-0.05, 0) is 55.5 Å². The van der Waals surface area contributed by atoms with Crippen LogP contribution in [0.25, 0.3) is 22.9 Å². The quantitative estimate of drug-likeness (QED) is 0.510. The van der Waals surface area contributed by atoms with Crippen molar-refractivity contribution in [3.8, 4) is 22.9 Å². The summed E-state index contributed by atoms with van der Waals surface area (Å²) >= 11 is 0. The summed E-state index contributed by atoms with van der Waals surface area (Å²) in [4.78, 5) is 24.3. The maximum atomic E-state index is 12.3. The Morgan fingerprint density at radius 3 is 1.67 bits per heavy atom. The molecule has 1 aromatic heterocycles. The number of rotatable bonds is 4. The van der Waals surface area contributed by atoms with Gasteiger partial charge in [0.2, 0.25) is 11.8 Å². The fraction of sp³-hybridized carbons (Fsp3) is 0.0435. The highest BCUT2D eigenvalue weighted by molar-refractivity contribution is 5.99. The van der Waals surface area contributed by atoms with Crippen molar-refractivity contribution in [2.24, 2.45) is 0 Å². The van der Waals surface area contributed by atoms with E-state index in [9.17, 15) is 9.59 Å². The third-order valence-corrected chi connectivity index (χ3v) is 4.44. The maximum Gasteiger partial charge on any atom is 0.269 e. The average molecular weight is 398 g/mol. The van der Waals surface area contributed by atoms with E-state index < -0.39 is 11.8 Å². The zero-order chi connectivity index (χ0) is 20.9. The van der Waals surface area contributed by atoms with E-state index in [1.165, 1.54) is 0 Å². The molecule has 0 aliphatic rings. The molecular weight excluding hydrogens is 380 g/mol. The van der Waals surface area contributed by atoms with Crippen molar-refractivity contribution < 1.29 is 14.0 Å². The number of carbonyl (C=O) groups excluding carboxylic acids is 2. The zero-order valence-electron chi connectivity index (χ0n) is 16.1. The molecule has 0 spiro atoms. The molecule has 4 rings (SSSR count). The molecule has 2 N–H and O–H groups in total. The van der Waals surface area contributed by atoms with Crippen LogP contribution in [0.2, 0.25) is 0 Å². The van der Waals surface area contributed by atoms with Crippen molar-refractivity contribution in [3.05, 3.63) is 95.6 Å². The van der Waals surface area contributed by atoms with Gasteiger partial charge < -0.3 is 4.42 Å². The van der Waals surface area contributed by atoms with Crippen LogP contribution in [0, 0.1) is 6.92 Å². The van der Waals surface area contributed by atoms with E-state index in [-0.39, 0.29) is 0 Å². The van der Waals surface area contributed by atoms with Crippen LogP contribution in [0.3, 0.4) is 0 Å². The lowest BCUT2D eigenvalue weighted by atomic mass is 10.1. The summed E-state index contributed by atoms with van der Waals surface area (Å²) in [6.45, 7) is 2.01. The minimum atomic E-state index is -0.434. The Kier molecular flexibility index (Phi) is 5.34. The summed E-state index contributed by atoms with van der Waals surface area (Å²) in [5.74, 6) is -0.0443. The number of nitrogens with one attached hydrogen (secondary N) is 2. The van der Waals surface area contributed by atoms with Crippen LogP contribution in [-0.4, -0.2) is 22.0 Å². The van der Waals surface area contributed by atoms with Crippen LogP contribution in [0.1, 0.15) is 26.3 Å². The van der Waals surface area contributed by atoms with Crippen LogP contribution in [0.4, 0.5) is 0 Å². The van der Waals surface area contributed by atoms with E-state index in [1.807, 2.05) is 37.3 Å². The highest BCUT2D eigenvalue weighted by Crippen LogP contribution is 2.24. The number of aryl methyl sites for hydroxylation is 1. The summed E-state index contributed by atoms with van der Waals surface area (Å²) in [7, 11) is 0. The van der Waals surface area contributed by atoms with Crippen LogP contribution in [0.5, 0.6) is 0 Å².